The van der Waals surface area contributed by atoms with Gasteiger partial charge in [-0.25, -0.2) is 18.6 Å². The number of aryl methyl sites for hydroxylation is 1. The average Bonchev–Trinajstić information content (AvgIpc) is 3.30. The molecule has 0 bridgehead atoms. The molecule has 3 heterocycles. The number of halogens is 2. The molecule has 1 aromatic carbocycles. The molecule has 1 atom stereocenters. The van der Waals surface area contributed by atoms with Crippen LogP contribution < -0.4 is 4.74 Å². The first-order valence-corrected chi connectivity index (χ1v) is 13.2. The largest absolute Gasteiger partial charge is 0.496 e. The third-order valence-corrected chi connectivity index (χ3v) is 7.95. The molecule has 1 saturated carbocycles. The van der Waals surface area contributed by atoms with Crippen LogP contribution in [-0.2, 0) is 11.3 Å². The van der Waals surface area contributed by atoms with E-state index in [-0.39, 0.29) is 18.9 Å². The summed E-state index contributed by atoms with van der Waals surface area (Å²) < 4.78 is 41.0. The number of alkyl halides is 2. The van der Waals surface area contributed by atoms with E-state index in [2.05, 4.69) is 9.88 Å². The average molecular weight is 537 g/mol. The normalized spacial score (nSPS) is 20.4. The highest BCUT2D eigenvalue weighted by atomic mass is 19.3. The van der Waals surface area contributed by atoms with Gasteiger partial charge < -0.3 is 9.47 Å². The molecule has 0 N–H and O–H groups in total. The summed E-state index contributed by atoms with van der Waals surface area (Å²) in [5.74, 6) is -1.90. The fourth-order valence-corrected chi connectivity index (χ4v) is 6.31. The molecule has 7 nitrogen and oxygen atoms in total. The van der Waals surface area contributed by atoms with Gasteiger partial charge in [-0.2, -0.15) is 5.26 Å². The van der Waals surface area contributed by atoms with Crippen LogP contribution in [0.1, 0.15) is 74.9 Å². The number of likely N-dealkylation sites (tertiary alicyclic amines) is 1. The van der Waals surface area contributed by atoms with Gasteiger partial charge >= 0.3 is 6.09 Å². The number of carbonyl (C=O) groups excluding carboxylic acids is 1. The van der Waals surface area contributed by atoms with Crippen molar-refractivity contribution >= 4 is 17.0 Å². The van der Waals surface area contributed by atoms with E-state index in [0.29, 0.717) is 37.4 Å². The van der Waals surface area contributed by atoms with Crippen LogP contribution in [0.15, 0.2) is 36.7 Å². The van der Waals surface area contributed by atoms with Crippen molar-refractivity contribution in [3.63, 3.8) is 0 Å². The van der Waals surface area contributed by atoms with Crippen molar-refractivity contribution in [3.8, 4) is 11.8 Å². The summed E-state index contributed by atoms with van der Waals surface area (Å²) in [5.41, 5.74) is 2.73. The topological polar surface area (TPSA) is 80.4 Å². The SMILES string of the molecule is COc1cc(C)c2c(ccn2C(=O)OC(C)(C)C)c1CN1CCC2(CC1c1ccc(C#N)nc1)CC(F)(F)C2. The lowest BCUT2D eigenvalue weighted by Gasteiger charge is -2.54. The van der Waals surface area contributed by atoms with Crippen LogP contribution in [-0.4, -0.2) is 45.7 Å². The Morgan fingerprint density at radius 1 is 1.26 bits per heavy atom. The van der Waals surface area contributed by atoms with Gasteiger partial charge in [0.2, 0.25) is 5.92 Å². The zero-order valence-electron chi connectivity index (χ0n) is 23.1. The highest BCUT2D eigenvalue weighted by Gasteiger charge is 2.58. The first-order chi connectivity index (χ1) is 18.3. The molecule has 0 radical (unpaired) electrons. The summed E-state index contributed by atoms with van der Waals surface area (Å²) in [4.78, 5) is 19.6. The third-order valence-electron chi connectivity index (χ3n) is 7.95. The highest BCUT2D eigenvalue weighted by Crippen LogP contribution is 2.60. The van der Waals surface area contributed by atoms with Crippen LogP contribution in [0, 0.1) is 23.7 Å². The van der Waals surface area contributed by atoms with E-state index in [1.807, 2.05) is 52.0 Å². The van der Waals surface area contributed by atoms with E-state index in [1.165, 1.54) is 4.57 Å². The Morgan fingerprint density at radius 2 is 2.00 bits per heavy atom. The van der Waals surface area contributed by atoms with Gasteiger partial charge in [0.15, 0.2) is 0 Å². The van der Waals surface area contributed by atoms with E-state index in [9.17, 15) is 18.8 Å². The fourth-order valence-electron chi connectivity index (χ4n) is 6.31. The highest BCUT2D eigenvalue weighted by molar-refractivity contribution is 5.95. The number of methoxy groups -OCH3 is 1. The molecule has 5 rings (SSSR count). The van der Waals surface area contributed by atoms with E-state index >= 15 is 0 Å². The smallest absolute Gasteiger partial charge is 0.419 e. The Morgan fingerprint density at radius 3 is 2.59 bits per heavy atom. The number of hydrogen-bond acceptors (Lipinski definition) is 6. The molecule has 9 heteroatoms. The summed E-state index contributed by atoms with van der Waals surface area (Å²) in [6, 6.07) is 9.27. The van der Waals surface area contributed by atoms with Crippen molar-refractivity contribution < 1.29 is 23.0 Å². The maximum absolute atomic E-state index is 14.0. The lowest BCUT2D eigenvalue weighted by atomic mass is 9.59. The molecular weight excluding hydrogens is 502 g/mol. The predicted octanol–water partition coefficient (Wildman–Crippen LogP) is 6.76. The van der Waals surface area contributed by atoms with Gasteiger partial charge in [0.05, 0.1) is 12.6 Å². The van der Waals surface area contributed by atoms with Gasteiger partial charge in [0.1, 0.15) is 23.1 Å². The summed E-state index contributed by atoms with van der Waals surface area (Å²) in [5, 5.41) is 10.1. The summed E-state index contributed by atoms with van der Waals surface area (Å²) in [7, 11) is 1.62. The molecule has 1 spiro atoms. The van der Waals surface area contributed by atoms with E-state index < -0.39 is 23.0 Å². The first-order valence-electron chi connectivity index (χ1n) is 13.2. The molecule has 3 aromatic rings. The van der Waals surface area contributed by atoms with Gasteiger partial charge in [-0.3, -0.25) is 9.47 Å². The Labute approximate surface area is 227 Å². The van der Waals surface area contributed by atoms with Crippen molar-refractivity contribution in [2.45, 2.75) is 77.5 Å². The summed E-state index contributed by atoms with van der Waals surface area (Å²) >= 11 is 0. The zero-order chi connectivity index (χ0) is 28.2. The number of fused-ring (bicyclic) bond motifs is 1. The van der Waals surface area contributed by atoms with Gasteiger partial charge in [-0.15, -0.1) is 0 Å². The Bertz CT molecular complexity index is 1440. The second kappa shape index (κ2) is 9.60. The van der Waals surface area contributed by atoms with Gasteiger partial charge in [0.25, 0.3) is 0 Å². The van der Waals surface area contributed by atoms with Gasteiger partial charge in [-0.1, -0.05) is 6.07 Å². The monoisotopic (exact) mass is 536 g/mol. The quantitative estimate of drug-likeness (QED) is 0.367. The van der Waals surface area contributed by atoms with Crippen LogP contribution in [0.2, 0.25) is 0 Å². The standard InChI is InChI=1S/C30H34F2N4O3/c1-19-12-25(38-5)23(22-8-10-36(26(19)22)27(37)39-28(2,3)4)16-35-11-9-29(17-30(31,32)18-29)13-24(35)20-6-7-21(14-33)34-15-20/h6-8,10,12,15,24H,9,11,13,16-18H2,1-5H3. The molecule has 2 aromatic heterocycles. The third kappa shape index (κ3) is 5.22. The molecule has 39 heavy (non-hydrogen) atoms. The second-order valence-corrected chi connectivity index (χ2v) is 12.0. The molecular formula is C30H34F2N4O3. The maximum Gasteiger partial charge on any atom is 0.419 e. The minimum Gasteiger partial charge on any atom is -0.496 e. The molecule has 206 valence electrons. The lowest BCUT2D eigenvalue weighted by molar-refractivity contribution is -0.186. The maximum atomic E-state index is 14.0. The Hall–Kier alpha value is -3.51. The van der Waals surface area contributed by atoms with E-state index in [0.717, 1.165) is 27.6 Å². The van der Waals surface area contributed by atoms with E-state index in [1.54, 1.807) is 25.6 Å². The number of rotatable bonds is 4. The predicted molar refractivity (Wildman–Crippen MR) is 143 cm³/mol. The van der Waals surface area contributed by atoms with Crippen molar-refractivity contribution in [2.75, 3.05) is 13.7 Å². The molecule has 1 aliphatic heterocycles. The molecule has 1 aliphatic carbocycles. The number of benzene rings is 1. The van der Waals surface area contributed by atoms with Gasteiger partial charge in [-0.05, 0) is 81.8 Å². The fraction of sp³-hybridized carbons (Fsp3) is 0.500. The number of nitriles is 1. The van der Waals surface area contributed by atoms with Gasteiger partial charge in [0, 0.05) is 48.8 Å². The zero-order valence-corrected chi connectivity index (χ0v) is 23.1. The first kappa shape index (κ1) is 27.1. The summed E-state index contributed by atoms with van der Waals surface area (Å²) in [6.07, 6.45) is 4.04. The van der Waals surface area contributed by atoms with Crippen molar-refractivity contribution in [3.05, 3.63) is 59.0 Å². The lowest BCUT2D eigenvalue weighted by Crippen LogP contribution is -2.53. The Kier molecular flexibility index (Phi) is 6.66. The Balaban J connectivity index is 1.53. The number of ether oxygens (including phenoxy) is 2. The van der Waals surface area contributed by atoms with Crippen LogP contribution in [0.4, 0.5) is 13.6 Å². The molecule has 1 saturated heterocycles. The van der Waals surface area contributed by atoms with Crippen molar-refractivity contribution in [1.82, 2.24) is 14.5 Å². The number of piperidine rings is 1. The van der Waals surface area contributed by atoms with Crippen molar-refractivity contribution in [2.24, 2.45) is 5.41 Å². The second-order valence-electron chi connectivity index (χ2n) is 12.0. The van der Waals surface area contributed by atoms with E-state index in [4.69, 9.17) is 9.47 Å². The molecule has 0 amide bonds. The molecule has 2 fully saturated rings. The summed E-state index contributed by atoms with van der Waals surface area (Å²) in [6.45, 7) is 8.55. The molecule has 1 unspecified atom stereocenters. The molecule has 2 aliphatic rings. The van der Waals surface area contributed by atoms with Crippen LogP contribution >= 0.6 is 0 Å². The number of carbonyl (C=O) groups is 1. The van der Waals surface area contributed by atoms with Crippen LogP contribution in [0.3, 0.4) is 0 Å². The van der Waals surface area contributed by atoms with Crippen molar-refractivity contribution in [1.29, 1.82) is 5.26 Å². The number of nitrogens with zero attached hydrogens (tertiary/aromatic N) is 4. The van der Waals surface area contributed by atoms with Crippen LogP contribution in [0.5, 0.6) is 5.75 Å². The number of aromatic nitrogens is 2. The van der Waals surface area contributed by atoms with Crippen LogP contribution in [0.25, 0.3) is 10.9 Å². The minimum absolute atomic E-state index is 0.0924. The number of pyridine rings is 1. The minimum atomic E-state index is -2.60. The number of hydrogen-bond donors (Lipinski definition) is 0.